The third-order valence-corrected chi connectivity index (χ3v) is 11.5. The van der Waals surface area contributed by atoms with E-state index >= 15 is 0 Å². The van der Waals surface area contributed by atoms with Gasteiger partial charge in [0.15, 0.2) is 0 Å². The zero-order valence-corrected chi connectivity index (χ0v) is 37.1. The fourth-order valence-corrected chi connectivity index (χ4v) is 7.69. The first-order chi connectivity index (χ1) is 27.1. The van der Waals surface area contributed by atoms with Gasteiger partial charge in [-0.2, -0.15) is 0 Å². The highest BCUT2D eigenvalue weighted by molar-refractivity contribution is 5.76. The predicted octanol–water partition coefficient (Wildman–Crippen LogP) is 14.6. The normalized spacial score (nSPS) is 13.6. The molecule has 0 aromatic rings. The summed E-state index contributed by atoms with van der Waals surface area (Å²) in [5.74, 6) is -0.154. The maximum atomic E-state index is 12.5. The summed E-state index contributed by atoms with van der Waals surface area (Å²) < 4.78 is 0. The van der Waals surface area contributed by atoms with Gasteiger partial charge >= 0.3 is 0 Å². The Labute approximate surface area is 343 Å². The molecule has 0 aromatic carbocycles. The highest BCUT2D eigenvalue weighted by atomic mass is 16.3. The number of rotatable bonds is 45. The number of aliphatic hydroxyl groups excluding tert-OH is 3. The predicted molar refractivity (Wildman–Crippen MR) is 241 cm³/mol. The Morgan fingerprint density at radius 1 is 0.436 bits per heavy atom. The number of amides is 1. The average molecular weight is 776 g/mol. The van der Waals surface area contributed by atoms with Crippen LogP contribution >= 0.6 is 0 Å². The molecule has 0 aromatic heterocycles. The first kappa shape index (κ1) is 53.8. The molecule has 0 heterocycles. The van der Waals surface area contributed by atoms with E-state index in [1.165, 1.54) is 199 Å². The molecular formula is C50H97NO4. The van der Waals surface area contributed by atoms with Crippen molar-refractivity contribution < 1.29 is 20.1 Å². The maximum absolute atomic E-state index is 12.5. The molecule has 3 atom stereocenters. The highest BCUT2D eigenvalue weighted by Gasteiger charge is 2.26. The van der Waals surface area contributed by atoms with Crippen LogP contribution in [0.2, 0.25) is 0 Å². The van der Waals surface area contributed by atoms with E-state index in [4.69, 9.17) is 0 Å². The van der Waals surface area contributed by atoms with E-state index in [1.807, 2.05) is 0 Å². The summed E-state index contributed by atoms with van der Waals surface area (Å²) in [4.78, 5) is 12.5. The zero-order valence-electron chi connectivity index (χ0n) is 37.1. The topological polar surface area (TPSA) is 89.8 Å². The van der Waals surface area contributed by atoms with Crippen molar-refractivity contribution in [2.24, 2.45) is 0 Å². The molecule has 326 valence electrons. The lowest BCUT2D eigenvalue weighted by atomic mass is 10.0. The van der Waals surface area contributed by atoms with Crippen molar-refractivity contribution in [1.82, 2.24) is 5.32 Å². The molecular weight excluding hydrogens is 679 g/mol. The molecule has 0 aliphatic rings. The minimum absolute atomic E-state index is 0.154. The third kappa shape index (κ3) is 40.8. The van der Waals surface area contributed by atoms with Crippen molar-refractivity contribution >= 4 is 5.91 Å². The lowest BCUT2D eigenvalue weighted by Gasteiger charge is -2.26. The zero-order chi connectivity index (χ0) is 40.1. The van der Waals surface area contributed by atoms with Gasteiger partial charge in [-0.05, 0) is 64.2 Å². The van der Waals surface area contributed by atoms with Crippen LogP contribution in [0.1, 0.15) is 264 Å². The number of hydrogen-bond acceptors (Lipinski definition) is 4. The molecule has 0 aliphatic carbocycles. The van der Waals surface area contributed by atoms with Crippen LogP contribution in [0.5, 0.6) is 0 Å². The van der Waals surface area contributed by atoms with Gasteiger partial charge in [0, 0.05) is 6.42 Å². The SMILES string of the molecule is CCCCCCCCCCCCC/C=C/CCCC(O)C(O)C(CO)NC(=O)CCCCCCCCCCC/C=C\CCCCCCCCCCCCCC. The summed E-state index contributed by atoms with van der Waals surface area (Å²) in [6.07, 6.45) is 55.9. The molecule has 0 saturated carbocycles. The van der Waals surface area contributed by atoms with Crippen LogP contribution in [0.15, 0.2) is 24.3 Å². The molecule has 5 heteroatoms. The van der Waals surface area contributed by atoms with Gasteiger partial charge in [-0.15, -0.1) is 0 Å². The van der Waals surface area contributed by atoms with Crippen molar-refractivity contribution in [3.63, 3.8) is 0 Å². The molecule has 0 bridgehead atoms. The number of nitrogens with one attached hydrogen (secondary N) is 1. The van der Waals surface area contributed by atoms with Gasteiger partial charge in [0.1, 0.15) is 6.10 Å². The van der Waals surface area contributed by atoms with E-state index in [-0.39, 0.29) is 12.5 Å². The summed E-state index contributed by atoms with van der Waals surface area (Å²) >= 11 is 0. The lowest BCUT2D eigenvalue weighted by molar-refractivity contribution is -0.124. The Morgan fingerprint density at radius 3 is 1.05 bits per heavy atom. The number of hydrogen-bond donors (Lipinski definition) is 4. The first-order valence-electron chi connectivity index (χ1n) is 24.6. The fraction of sp³-hybridized carbons (Fsp3) is 0.900. The van der Waals surface area contributed by atoms with Crippen molar-refractivity contribution in [1.29, 1.82) is 0 Å². The molecule has 0 saturated heterocycles. The Bertz CT molecular complexity index is 814. The van der Waals surface area contributed by atoms with Gasteiger partial charge in [-0.1, -0.05) is 218 Å². The molecule has 0 radical (unpaired) electrons. The van der Waals surface area contributed by atoms with Gasteiger partial charge in [-0.25, -0.2) is 0 Å². The number of aliphatic hydroxyl groups is 3. The van der Waals surface area contributed by atoms with Gasteiger partial charge < -0.3 is 20.6 Å². The Balaban J connectivity index is 3.59. The quantitative estimate of drug-likeness (QED) is 0.0366. The second-order valence-corrected chi connectivity index (χ2v) is 17.0. The monoisotopic (exact) mass is 776 g/mol. The standard InChI is InChI=1S/C50H97NO4/c1-3-5-7-9-11-13-15-17-19-21-22-23-24-25-26-27-28-29-31-33-35-37-39-41-43-45-49(54)51-47(46-52)50(55)48(53)44-42-40-38-36-34-32-30-20-18-16-14-12-10-8-6-4-2/h25-26,36,38,47-48,50,52-53,55H,3-24,27-35,37,39-46H2,1-2H3,(H,51,54)/b26-25-,38-36+. The van der Waals surface area contributed by atoms with Gasteiger partial charge in [0.25, 0.3) is 0 Å². The van der Waals surface area contributed by atoms with Crippen LogP contribution < -0.4 is 5.32 Å². The minimum Gasteiger partial charge on any atom is -0.394 e. The molecule has 0 rings (SSSR count). The molecule has 5 nitrogen and oxygen atoms in total. The average Bonchev–Trinajstić information content (AvgIpc) is 3.19. The molecule has 0 fully saturated rings. The second-order valence-electron chi connectivity index (χ2n) is 17.0. The van der Waals surface area contributed by atoms with E-state index in [1.54, 1.807) is 0 Å². The number of allylic oxidation sites excluding steroid dienone is 4. The van der Waals surface area contributed by atoms with Crippen molar-refractivity contribution in [2.75, 3.05) is 6.61 Å². The van der Waals surface area contributed by atoms with Crippen molar-refractivity contribution in [3.05, 3.63) is 24.3 Å². The molecule has 3 unspecified atom stereocenters. The van der Waals surface area contributed by atoms with Gasteiger partial charge in [-0.3, -0.25) is 4.79 Å². The Morgan fingerprint density at radius 2 is 0.727 bits per heavy atom. The number of unbranched alkanes of at least 4 members (excludes halogenated alkanes) is 33. The van der Waals surface area contributed by atoms with E-state index in [2.05, 4.69) is 43.5 Å². The number of carbonyl (C=O) groups excluding carboxylic acids is 1. The third-order valence-electron chi connectivity index (χ3n) is 11.5. The largest absolute Gasteiger partial charge is 0.394 e. The summed E-state index contributed by atoms with van der Waals surface area (Å²) in [5, 5.41) is 33.6. The Kier molecular flexibility index (Phi) is 44.6. The molecule has 4 N–H and O–H groups in total. The van der Waals surface area contributed by atoms with E-state index < -0.39 is 18.2 Å². The van der Waals surface area contributed by atoms with Crippen LogP contribution in [-0.2, 0) is 4.79 Å². The summed E-state index contributed by atoms with van der Waals surface area (Å²) in [6, 6.07) is -0.825. The minimum atomic E-state index is -1.16. The Hall–Kier alpha value is -1.17. The fourth-order valence-electron chi connectivity index (χ4n) is 7.69. The van der Waals surface area contributed by atoms with E-state index in [0.29, 0.717) is 12.8 Å². The highest BCUT2D eigenvalue weighted by Crippen LogP contribution is 2.16. The maximum Gasteiger partial charge on any atom is 0.220 e. The summed E-state index contributed by atoms with van der Waals surface area (Å²) in [6.45, 7) is 4.18. The van der Waals surface area contributed by atoms with Crippen LogP contribution in [0.3, 0.4) is 0 Å². The summed E-state index contributed by atoms with van der Waals surface area (Å²) in [5.41, 5.74) is 0. The number of carbonyl (C=O) groups is 1. The van der Waals surface area contributed by atoms with Crippen LogP contribution in [-0.4, -0.2) is 46.1 Å². The van der Waals surface area contributed by atoms with Crippen molar-refractivity contribution in [2.45, 2.75) is 283 Å². The smallest absolute Gasteiger partial charge is 0.220 e. The van der Waals surface area contributed by atoms with Crippen LogP contribution in [0.4, 0.5) is 0 Å². The van der Waals surface area contributed by atoms with E-state index in [9.17, 15) is 20.1 Å². The van der Waals surface area contributed by atoms with Gasteiger partial charge in [0.2, 0.25) is 5.91 Å². The first-order valence-corrected chi connectivity index (χ1v) is 24.6. The summed E-state index contributed by atoms with van der Waals surface area (Å²) in [7, 11) is 0. The van der Waals surface area contributed by atoms with Gasteiger partial charge in [0.05, 0.1) is 18.8 Å². The van der Waals surface area contributed by atoms with Crippen LogP contribution in [0.25, 0.3) is 0 Å². The molecule has 55 heavy (non-hydrogen) atoms. The van der Waals surface area contributed by atoms with E-state index in [0.717, 1.165) is 38.5 Å². The van der Waals surface area contributed by atoms with Crippen molar-refractivity contribution in [3.8, 4) is 0 Å². The molecule has 0 aliphatic heterocycles. The lowest BCUT2D eigenvalue weighted by Crippen LogP contribution is -2.50. The molecule has 1 amide bonds. The van der Waals surface area contributed by atoms with Crippen LogP contribution in [0, 0.1) is 0 Å². The molecule has 0 spiro atoms. The second kappa shape index (κ2) is 45.5.